The van der Waals surface area contributed by atoms with Gasteiger partial charge in [-0.25, -0.2) is 0 Å². The molecule has 0 unspecified atom stereocenters. The predicted octanol–water partition coefficient (Wildman–Crippen LogP) is -0.730. The summed E-state index contributed by atoms with van der Waals surface area (Å²) in [6.07, 6.45) is 0. The van der Waals surface area contributed by atoms with E-state index in [-0.39, 0.29) is 24.3 Å². The van der Waals surface area contributed by atoms with Gasteiger partial charge in [0.25, 0.3) is 0 Å². The third-order valence-electron chi connectivity index (χ3n) is 2.77. The highest BCUT2D eigenvalue weighted by Crippen LogP contribution is 2.07. The number of nitrogens with zero attached hydrogens (tertiary/aromatic N) is 2. The quantitative estimate of drug-likeness (QED) is 0.657. The van der Waals surface area contributed by atoms with E-state index >= 15 is 0 Å². The Morgan fingerprint density at radius 2 is 2.00 bits per heavy atom. The minimum absolute atomic E-state index is 0.0226. The summed E-state index contributed by atoms with van der Waals surface area (Å²) in [7, 11) is 1.74. The smallest absolute Gasteiger partial charge is 0.241 e. The normalized spacial score (nSPS) is 19.7. The lowest BCUT2D eigenvalue weighted by atomic mass is 10.0. The molecule has 86 valence electrons. The lowest BCUT2D eigenvalue weighted by Gasteiger charge is -2.34. The summed E-state index contributed by atoms with van der Waals surface area (Å²) >= 11 is 0. The van der Waals surface area contributed by atoms with Crippen LogP contribution in [0.25, 0.3) is 0 Å². The van der Waals surface area contributed by atoms with Gasteiger partial charge in [0.1, 0.15) is 0 Å². The number of carbonyl (C=O) groups is 2. The first kappa shape index (κ1) is 12.0. The fourth-order valence-corrected chi connectivity index (χ4v) is 1.44. The van der Waals surface area contributed by atoms with E-state index in [1.165, 1.54) is 0 Å². The predicted molar refractivity (Wildman–Crippen MR) is 57.0 cm³/mol. The number of piperazine rings is 1. The van der Waals surface area contributed by atoms with Crippen molar-refractivity contribution in [1.82, 2.24) is 9.80 Å². The summed E-state index contributed by atoms with van der Waals surface area (Å²) in [5, 5.41) is 0. The van der Waals surface area contributed by atoms with Gasteiger partial charge in [0.05, 0.1) is 12.6 Å². The monoisotopic (exact) mass is 213 g/mol. The van der Waals surface area contributed by atoms with Crippen molar-refractivity contribution in [2.45, 2.75) is 19.9 Å². The van der Waals surface area contributed by atoms with Crippen LogP contribution in [0, 0.1) is 5.92 Å². The van der Waals surface area contributed by atoms with E-state index in [0.29, 0.717) is 13.1 Å². The summed E-state index contributed by atoms with van der Waals surface area (Å²) in [5.74, 6) is -0.0377. The molecule has 1 aliphatic heterocycles. The third kappa shape index (κ3) is 2.68. The number of amides is 2. The summed E-state index contributed by atoms with van der Waals surface area (Å²) in [6.45, 7) is 5.15. The second kappa shape index (κ2) is 4.61. The Bertz CT molecular complexity index is 265. The number of likely N-dealkylation sites (N-methyl/N-ethyl adjacent to an activating group) is 1. The van der Waals surface area contributed by atoms with Gasteiger partial charge in [-0.2, -0.15) is 0 Å². The van der Waals surface area contributed by atoms with Gasteiger partial charge in [0.15, 0.2) is 0 Å². The maximum atomic E-state index is 11.8. The van der Waals surface area contributed by atoms with Crippen LogP contribution in [0.4, 0.5) is 0 Å². The Hall–Kier alpha value is -1.10. The van der Waals surface area contributed by atoms with Gasteiger partial charge in [-0.05, 0) is 5.92 Å². The molecule has 2 N–H and O–H groups in total. The largest absolute Gasteiger partial charge is 0.342 e. The van der Waals surface area contributed by atoms with Gasteiger partial charge in [0.2, 0.25) is 11.8 Å². The molecule has 5 nitrogen and oxygen atoms in total. The Morgan fingerprint density at radius 3 is 2.47 bits per heavy atom. The molecular formula is C10H19N3O2. The first-order chi connectivity index (χ1) is 6.93. The molecule has 15 heavy (non-hydrogen) atoms. The van der Waals surface area contributed by atoms with Crippen molar-refractivity contribution in [2.24, 2.45) is 11.7 Å². The zero-order valence-electron chi connectivity index (χ0n) is 9.56. The first-order valence-corrected chi connectivity index (χ1v) is 5.21. The molecule has 1 rings (SSSR count). The maximum absolute atomic E-state index is 11.8. The molecule has 0 bridgehead atoms. The maximum Gasteiger partial charge on any atom is 0.241 e. The number of hydrogen-bond acceptors (Lipinski definition) is 3. The van der Waals surface area contributed by atoms with Crippen LogP contribution in [0.1, 0.15) is 13.8 Å². The van der Waals surface area contributed by atoms with Crippen LogP contribution >= 0.6 is 0 Å². The molecule has 1 fully saturated rings. The highest BCUT2D eigenvalue weighted by atomic mass is 16.2. The van der Waals surface area contributed by atoms with E-state index in [9.17, 15) is 9.59 Å². The van der Waals surface area contributed by atoms with Gasteiger partial charge in [-0.3, -0.25) is 9.59 Å². The summed E-state index contributed by atoms with van der Waals surface area (Å²) in [6, 6.07) is -0.499. The minimum atomic E-state index is -0.499. The molecule has 0 aromatic carbocycles. The standard InChI is InChI=1S/C10H19N3O2/c1-7(2)9(11)10(15)13-5-4-12(3)8(14)6-13/h7,9H,4-6,11H2,1-3H3/t9-/m0/s1. The average molecular weight is 213 g/mol. The molecule has 0 spiro atoms. The first-order valence-electron chi connectivity index (χ1n) is 5.21. The molecule has 0 saturated carbocycles. The lowest BCUT2D eigenvalue weighted by molar-refractivity contribution is -0.145. The summed E-state index contributed by atoms with van der Waals surface area (Å²) in [4.78, 5) is 26.4. The minimum Gasteiger partial charge on any atom is -0.342 e. The molecule has 0 aromatic rings. The van der Waals surface area contributed by atoms with Gasteiger partial charge in [-0.15, -0.1) is 0 Å². The van der Waals surface area contributed by atoms with Gasteiger partial charge >= 0.3 is 0 Å². The van der Waals surface area contributed by atoms with Gasteiger partial charge in [0, 0.05) is 20.1 Å². The highest BCUT2D eigenvalue weighted by Gasteiger charge is 2.29. The molecule has 2 amide bonds. The zero-order valence-corrected chi connectivity index (χ0v) is 9.56. The number of carbonyl (C=O) groups excluding carboxylic acids is 2. The van der Waals surface area contributed by atoms with E-state index in [1.807, 2.05) is 13.8 Å². The second-order valence-corrected chi connectivity index (χ2v) is 4.34. The Balaban J connectivity index is 2.58. The zero-order chi connectivity index (χ0) is 11.6. The van der Waals surface area contributed by atoms with Crippen LogP contribution in [-0.2, 0) is 9.59 Å². The Kier molecular flexibility index (Phi) is 3.68. The van der Waals surface area contributed by atoms with Gasteiger partial charge < -0.3 is 15.5 Å². The van der Waals surface area contributed by atoms with Crippen molar-refractivity contribution in [1.29, 1.82) is 0 Å². The van der Waals surface area contributed by atoms with E-state index in [2.05, 4.69) is 0 Å². The molecule has 1 heterocycles. The van der Waals surface area contributed by atoms with Crippen molar-refractivity contribution in [3.05, 3.63) is 0 Å². The summed E-state index contributed by atoms with van der Waals surface area (Å²) in [5.41, 5.74) is 5.75. The highest BCUT2D eigenvalue weighted by molar-refractivity contribution is 5.88. The number of nitrogens with two attached hydrogens (primary N) is 1. The van der Waals surface area contributed by atoms with E-state index in [4.69, 9.17) is 5.73 Å². The Morgan fingerprint density at radius 1 is 1.40 bits per heavy atom. The Labute approximate surface area is 90.2 Å². The van der Waals surface area contributed by atoms with Crippen LogP contribution < -0.4 is 5.73 Å². The van der Waals surface area contributed by atoms with Crippen molar-refractivity contribution >= 4 is 11.8 Å². The van der Waals surface area contributed by atoms with E-state index in [0.717, 1.165) is 0 Å². The molecule has 0 aromatic heterocycles. The SMILES string of the molecule is CC(C)[C@H](N)C(=O)N1CCN(C)C(=O)C1. The van der Waals surface area contributed by atoms with Crippen LogP contribution in [-0.4, -0.2) is 54.3 Å². The number of hydrogen-bond donors (Lipinski definition) is 1. The molecule has 0 radical (unpaired) electrons. The third-order valence-corrected chi connectivity index (χ3v) is 2.77. The van der Waals surface area contributed by atoms with Crippen molar-refractivity contribution < 1.29 is 9.59 Å². The topological polar surface area (TPSA) is 66.6 Å². The van der Waals surface area contributed by atoms with Crippen molar-refractivity contribution in [3.8, 4) is 0 Å². The number of rotatable bonds is 2. The van der Waals surface area contributed by atoms with Crippen molar-refractivity contribution in [2.75, 3.05) is 26.7 Å². The van der Waals surface area contributed by atoms with Crippen LogP contribution in [0.3, 0.4) is 0 Å². The molecule has 1 saturated heterocycles. The molecule has 0 aliphatic carbocycles. The van der Waals surface area contributed by atoms with E-state index < -0.39 is 6.04 Å². The van der Waals surface area contributed by atoms with Crippen LogP contribution in [0.15, 0.2) is 0 Å². The van der Waals surface area contributed by atoms with Crippen LogP contribution in [0.2, 0.25) is 0 Å². The summed E-state index contributed by atoms with van der Waals surface area (Å²) < 4.78 is 0. The fraction of sp³-hybridized carbons (Fsp3) is 0.800. The second-order valence-electron chi connectivity index (χ2n) is 4.34. The molecule has 5 heteroatoms. The lowest BCUT2D eigenvalue weighted by Crippen LogP contribution is -2.55. The van der Waals surface area contributed by atoms with Gasteiger partial charge in [-0.1, -0.05) is 13.8 Å². The van der Waals surface area contributed by atoms with E-state index in [1.54, 1.807) is 16.8 Å². The van der Waals surface area contributed by atoms with Crippen LogP contribution in [0.5, 0.6) is 0 Å². The fourth-order valence-electron chi connectivity index (χ4n) is 1.44. The average Bonchev–Trinajstić information content (AvgIpc) is 2.19. The molecule has 1 aliphatic rings. The molecule has 1 atom stereocenters. The van der Waals surface area contributed by atoms with Crippen molar-refractivity contribution in [3.63, 3.8) is 0 Å². The molecular weight excluding hydrogens is 194 g/mol.